The van der Waals surface area contributed by atoms with Gasteiger partial charge in [0.2, 0.25) is 0 Å². The Morgan fingerprint density at radius 2 is 2.25 bits per heavy atom. The van der Waals surface area contributed by atoms with Gasteiger partial charge in [0.25, 0.3) is 5.56 Å². The summed E-state index contributed by atoms with van der Waals surface area (Å²) < 4.78 is 0. The molecule has 0 amide bonds. The number of nitriles is 1. The zero-order chi connectivity index (χ0) is 14.2. The van der Waals surface area contributed by atoms with E-state index in [9.17, 15) is 4.79 Å². The van der Waals surface area contributed by atoms with E-state index in [0.717, 1.165) is 5.56 Å². The topological polar surface area (TPSA) is 94.8 Å². The number of hydrogen-bond acceptors (Lipinski definition) is 6. The molecule has 0 aromatic carbocycles. The van der Waals surface area contributed by atoms with Gasteiger partial charge in [0, 0.05) is 36.8 Å². The van der Waals surface area contributed by atoms with Gasteiger partial charge in [0.1, 0.15) is 0 Å². The summed E-state index contributed by atoms with van der Waals surface area (Å²) in [5, 5.41) is 8.95. The van der Waals surface area contributed by atoms with Gasteiger partial charge in [0.15, 0.2) is 11.0 Å². The minimum atomic E-state index is -0.263. The van der Waals surface area contributed by atoms with Gasteiger partial charge in [0.05, 0.1) is 6.07 Å². The average Bonchev–Trinajstić information content (AvgIpc) is 2.46. The van der Waals surface area contributed by atoms with Crippen molar-refractivity contribution in [3.63, 3.8) is 0 Å². The number of nitrogens with one attached hydrogen (secondary N) is 1. The van der Waals surface area contributed by atoms with E-state index >= 15 is 0 Å². The summed E-state index contributed by atoms with van der Waals surface area (Å²) in [5.41, 5.74) is 0.613. The molecule has 0 spiro atoms. The van der Waals surface area contributed by atoms with Crippen LogP contribution >= 0.6 is 11.8 Å². The molecule has 7 heteroatoms. The lowest BCUT2D eigenvalue weighted by Crippen LogP contribution is -2.06. The molecule has 2 aromatic rings. The Morgan fingerprint density at radius 3 is 3.00 bits per heavy atom. The summed E-state index contributed by atoms with van der Waals surface area (Å²) in [6.45, 7) is 0. The normalized spacial score (nSPS) is 10.6. The van der Waals surface area contributed by atoms with Crippen LogP contribution in [-0.2, 0) is 0 Å². The highest BCUT2D eigenvalue weighted by molar-refractivity contribution is 7.99. The molecule has 0 aliphatic heterocycles. The molecule has 100 valence electrons. The van der Waals surface area contributed by atoms with Crippen LogP contribution in [0.15, 0.2) is 45.5 Å². The number of aliphatic imine (C=N–C) groups is 1. The first kappa shape index (κ1) is 14.0. The Kier molecular flexibility index (Phi) is 5.03. The maximum absolute atomic E-state index is 11.5. The molecular weight excluding hydrogens is 274 g/mol. The minimum absolute atomic E-state index is 0.263. The highest BCUT2D eigenvalue weighted by Gasteiger charge is 2.00. The molecule has 0 saturated heterocycles. The summed E-state index contributed by atoms with van der Waals surface area (Å²) in [5.74, 6) is 0.918. The molecule has 6 nitrogen and oxygen atoms in total. The minimum Gasteiger partial charge on any atom is -0.301 e. The standard InChI is InChI=1S/C13H11N5OS/c14-4-1-7-20-13-17-11(8-12(19)18-13)16-9-10-2-5-15-6-3-10/h2-3,5-6,8-9H,1,7H2,(H,17,18,19)/b16-9-. The lowest BCUT2D eigenvalue weighted by Gasteiger charge is -1.99. The van der Waals surface area contributed by atoms with E-state index in [1.165, 1.54) is 17.8 Å². The summed E-state index contributed by atoms with van der Waals surface area (Å²) in [6, 6.07) is 6.97. The van der Waals surface area contributed by atoms with Crippen molar-refractivity contribution in [2.75, 3.05) is 5.75 Å². The van der Waals surface area contributed by atoms with Gasteiger partial charge >= 0.3 is 0 Å². The van der Waals surface area contributed by atoms with Crippen molar-refractivity contribution in [3.05, 3.63) is 46.5 Å². The van der Waals surface area contributed by atoms with Crippen LogP contribution < -0.4 is 5.56 Å². The fraction of sp³-hybridized carbons (Fsp3) is 0.154. The highest BCUT2D eigenvalue weighted by atomic mass is 32.2. The number of pyridine rings is 1. The monoisotopic (exact) mass is 285 g/mol. The second kappa shape index (κ2) is 7.21. The molecule has 0 aliphatic rings. The molecule has 0 radical (unpaired) electrons. The zero-order valence-corrected chi connectivity index (χ0v) is 11.3. The Bertz CT molecular complexity index is 690. The number of nitrogens with zero attached hydrogens (tertiary/aromatic N) is 4. The first-order valence-electron chi connectivity index (χ1n) is 5.83. The van der Waals surface area contributed by atoms with Crippen molar-refractivity contribution in [1.29, 1.82) is 5.26 Å². The predicted molar refractivity (Wildman–Crippen MR) is 77.3 cm³/mol. The van der Waals surface area contributed by atoms with Crippen molar-refractivity contribution in [1.82, 2.24) is 15.0 Å². The number of thioether (sulfide) groups is 1. The van der Waals surface area contributed by atoms with Crippen LogP contribution in [0.4, 0.5) is 5.82 Å². The molecule has 0 fully saturated rings. The maximum atomic E-state index is 11.5. The molecule has 2 heterocycles. The van der Waals surface area contributed by atoms with E-state index in [0.29, 0.717) is 23.1 Å². The highest BCUT2D eigenvalue weighted by Crippen LogP contribution is 2.15. The van der Waals surface area contributed by atoms with E-state index in [1.807, 2.05) is 6.07 Å². The number of rotatable bonds is 5. The lowest BCUT2D eigenvalue weighted by molar-refractivity contribution is 0.935. The molecular formula is C13H11N5OS. The van der Waals surface area contributed by atoms with Crippen LogP contribution in [0.2, 0.25) is 0 Å². The Morgan fingerprint density at radius 1 is 1.45 bits per heavy atom. The van der Waals surface area contributed by atoms with Gasteiger partial charge in [-0.2, -0.15) is 5.26 Å². The van der Waals surface area contributed by atoms with Gasteiger partial charge in [-0.25, -0.2) is 9.98 Å². The number of aromatic nitrogens is 3. The van der Waals surface area contributed by atoms with Gasteiger partial charge in [-0.15, -0.1) is 0 Å². The van der Waals surface area contributed by atoms with Crippen molar-refractivity contribution in [3.8, 4) is 6.07 Å². The van der Waals surface area contributed by atoms with E-state index in [4.69, 9.17) is 5.26 Å². The maximum Gasteiger partial charge on any atom is 0.253 e. The summed E-state index contributed by atoms with van der Waals surface area (Å²) >= 11 is 1.32. The van der Waals surface area contributed by atoms with Gasteiger partial charge < -0.3 is 4.98 Å². The van der Waals surface area contributed by atoms with E-state index in [1.54, 1.807) is 30.7 Å². The molecule has 1 N–H and O–H groups in total. The summed E-state index contributed by atoms with van der Waals surface area (Å²) in [4.78, 5) is 26.4. The molecule has 0 atom stereocenters. The van der Waals surface area contributed by atoms with Crippen molar-refractivity contribution in [2.45, 2.75) is 11.6 Å². The number of H-pyrrole nitrogens is 1. The quantitative estimate of drug-likeness (QED) is 0.392. The smallest absolute Gasteiger partial charge is 0.253 e. The molecule has 2 aromatic heterocycles. The van der Waals surface area contributed by atoms with Gasteiger partial charge in [-0.1, -0.05) is 11.8 Å². The second-order valence-corrected chi connectivity index (χ2v) is 4.79. The first-order chi connectivity index (χ1) is 9.78. The summed E-state index contributed by atoms with van der Waals surface area (Å²) in [6.07, 6.45) is 5.34. The fourth-order valence-electron chi connectivity index (χ4n) is 1.34. The van der Waals surface area contributed by atoms with Crippen molar-refractivity contribution >= 4 is 23.8 Å². The van der Waals surface area contributed by atoms with E-state index < -0.39 is 0 Å². The zero-order valence-electron chi connectivity index (χ0n) is 10.5. The molecule has 2 rings (SSSR count). The van der Waals surface area contributed by atoms with Gasteiger partial charge in [-0.05, 0) is 17.7 Å². The molecule has 0 aliphatic carbocycles. The SMILES string of the molecule is N#CCCSc1nc(/N=C\c2ccncc2)cc(=O)[nH]1. The van der Waals surface area contributed by atoms with Crippen LogP contribution in [0.3, 0.4) is 0 Å². The predicted octanol–water partition coefficient (Wildman–Crippen LogP) is 1.92. The lowest BCUT2D eigenvalue weighted by atomic mass is 10.3. The first-order valence-corrected chi connectivity index (χ1v) is 6.82. The third-order valence-corrected chi connectivity index (χ3v) is 3.09. The fourth-order valence-corrected chi connectivity index (χ4v) is 2.06. The van der Waals surface area contributed by atoms with E-state index in [2.05, 4.69) is 19.9 Å². The van der Waals surface area contributed by atoms with Crippen molar-refractivity contribution < 1.29 is 0 Å². The Labute approximate surface area is 119 Å². The van der Waals surface area contributed by atoms with E-state index in [-0.39, 0.29) is 5.56 Å². The van der Waals surface area contributed by atoms with Crippen molar-refractivity contribution in [2.24, 2.45) is 4.99 Å². The molecule has 0 saturated carbocycles. The van der Waals surface area contributed by atoms with Gasteiger partial charge in [-0.3, -0.25) is 9.78 Å². The van der Waals surface area contributed by atoms with Crippen LogP contribution in [0.5, 0.6) is 0 Å². The largest absolute Gasteiger partial charge is 0.301 e. The van der Waals surface area contributed by atoms with Crippen LogP contribution in [0, 0.1) is 11.3 Å². The van der Waals surface area contributed by atoms with Crippen LogP contribution in [-0.4, -0.2) is 26.9 Å². The number of hydrogen-bond donors (Lipinski definition) is 1. The average molecular weight is 285 g/mol. The van der Waals surface area contributed by atoms with Crippen LogP contribution in [0.1, 0.15) is 12.0 Å². The third-order valence-electron chi connectivity index (χ3n) is 2.21. The Balaban J connectivity index is 2.14. The Hall–Kier alpha value is -2.46. The summed E-state index contributed by atoms with van der Waals surface area (Å²) in [7, 11) is 0. The van der Waals surface area contributed by atoms with Crippen LogP contribution in [0.25, 0.3) is 0 Å². The molecule has 20 heavy (non-hydrogen) atoms. The molecule has 0 unspecified atom stereocenters. The second-order valence-electron chi connectivity index (χ2n) is 3.70. The third kappa shape index (κ3) is 4.33. The number of aromatic amines is 1. The molecule has 0 bridgehead atoms.